The Morgan fingerprint density at radius 2 is 1.72 bits per heavy atom. The van der Waals surface area contributed by atoms with Crippen molar-refractivity contribution in [2.24, 2.45) is 0 Å². The lowest BCUT2D eigenvalue weighted by Crippen LogP contribution is -2.49. The Morgan fingerprint density at radius 1 is 1.03 bits per heavy atom. The fraction of sp³-hybridized carbons (Fsp3) is 0.440. The van der Waals surface area contributed by atoms with Gasteiger partial charge >= 0.3 is 0 Å². The van der Waals surface area contributed by atoms with Crippen LogP contribution in [0.5, 0.6) is 0 Å². The molecule has 7 nitrogen and oxygen atoms in total. The Hall–Kier alpha value is -2.00. The van der Waals surface area contributed by atoms with Gasteiger partial charge < -0.3 is 10.2 Å². The van der Waals surface area contributed by atoms with Crippen LogP contribution in [0.4, 0.5) is 5.69 Å². The number of carbonyl (C=O) groups excluding carboxylic acids is 2. The fourth-order valence-electron chi connectivity index (χ4n) is 3.75. The minimum Gasteiger partial charge on any atom is -0.354 e. The molecule has 198 valence electrons. The van der Waals surface area contributed by atoms with E-state index in [1.165, 1.54) is 9.21 Å². The zero-order valence-corrected chi connectivity index (χ0v) is 23.7. The van der Waals surface area contributed by atoms with Gasteiger partial charge in [0.25, 0.3) is 0 Å². The summed E-state index contributed by atoms with van der Waals surface area (Å²) in [5, 5.41) is 4.14. The van der Waals surface area contributed by atoms with E-state index in [0.29, 0.717) is 39.3 Å². The quantitative estimate of drug-likeness (QED) is 0.340. The van der Waals surface area contributed by atoms with Crippen molar-refractivity contribution in [3.63, 3.8) is 0 Å². The molecule has 0 spiro atoms. The van der Waals surface area contributed by atoms with Crippen LogP contribution in [0.1, 0.15) is 45.1 Å². The van der Waals surface area contributed by atoms with Gasteiger partial charge in [0.05, 0.1) is 11.9 Å². The maximum absolute atomic E-state index is 13.4. The number of rotatable bonds is 13. The summed E-state index contributed by atoms with van der Waals surface area (Å²) in [7, 11) is -3.60. The molecule has 0 aliphatic carbocycles. The molecule has 2 rings (SSSR count). The molecule has 11 heteroatoms. The molecule has 0 bridgehead atoms. The second-order valence-corrected chi connectivity index (χ2v) is 11.6. The first-order valence-corrected chi connectivity index (χ1v) is 14.7. The summed E-state index contributed by atoms with van der Waals surface area (Å²) in [6, 6.07) is 10.8. The van der Waals surface area contributed by atoms with Crippen LogP contribution in [-0.2, 0) is 26.2 Å². The number of hydrogen-bond acceptors (Lipinski definition) is 4. The van der Waals surface area contributed by atoms with Crippen molar-refractivity contribution >= 4 is 62.3 Å². The minimum absolute atomic E-state index is 0.0371. The highest BCUT2D eigenvalue weighted by Gasteiger charge is 2.29. The molecule has 2 aromatic rings. The van der Waals surface area contributed by atoms with Gasteiger partial charge in [-0.1, -0.05) is 60.8 Å². The van der Waals surface area contributed by atoms with Gasteiger partial charge in [-0.05, 0) is 55.2 Å². The van der Waals surface area contributed by atoms with Crippen LogP contribution in [0, 0.1) is 0 Å². The molecule has 0 aliphatic heterocycles. The third-order valence-electron chi connectivity index (χ3n) is 5.54. The maximum Gasteiger partial charge on any atom is 0.242 e. The third-order valence-corrected chi connectivity index (χ3v) is 7.56. The molecule has 0 aromatic heterocycles. The predicted molar refractivity (Wildman–Crippen MR) is 147 cm³/mol. The van der Waals surface area contributed by atoms with Crippen molar-refractivity contribution in [2.75, 3.05) is 23.7 Å². The zero-order valence-electron chi connectivity index (χ0n) is 20.6. The predicted octanol–water partition coefficient (Wildman–Crippen LogP) is 5.53. The molecular formula is C25H32Cl3N3O4S. The lowest BCUT2D eigenvalue weighted by molar-refractivity contribution is -0.141. The second-order valence-electron chi connectivity index (χ2n) is 8.39. The van der Waals surface area contributed by atoms with E-state index >= 15 is 0 Å². The van der Waals surface area contributed by atoms with Gasteiger partial charge in [-0.25, -0.2) is 8.42 Å². The van der Waals surface area contributed by atoms with Crippen molar-refractivity contribution < 1.29 is 18.0 Å². The highest BCUT2D eigenvalue weighted by molar-refractivity contribution is 7.92. The monoisotopic (exact) mass is 575 g/mol. The molecule has 36 heavy (non-hydrogen) atoms. The van der Waals surface area contributed by atoms with Crippen LogP contribution in [0.25, 0.3) is 0 Å². The molecule has 0 saturated carbocycles. The van der Waals surface area contributed by atoms with E-state index in [-0.39, 0.29) is 37.7 Å². The third kappa shape index (κ3) is 8.83. The average Bonchev–Trinajstić information content (AvgIpc) is 2.80. The van der Waals surface area contributed by atoms with E-state index in [0.717, 1.165) is 12.7 Å². The van der Waals surface area contributed by atoms with Crippen molar-refractivity contribution in [2.45, 2.75) is 52.1 Å². The van der Waals surface area contributed by atoms with Gasteiger partial charge in [-0.3, -0.25) is 13.9 Å². The number of nitrogens with zero attached hydrogens (tertiary/aromatic N) is 2. The van der Waals surface area contributed by atoms with Gasteiger partial charge in [0, 0.05) is 41.1 Å². The summed E-state index contributed by atoms with van der Waals surface area (Å²) in [6.07, 6.45) is 2.57. The summed E-state index contributed by atoms with van der Waals surface area (Å²) in [5.74, 6) is -0.520. The van der Waals surface area contributed by atoms with Gasteiger partial charge in [0.1, 0.15) is 6.04 Å². The lowest BCUT2D eigenvalue weighted by atomic mass is 10.1. The molecule has 0 saturated heterocycles. The van der Waals surface area contributed by atoms with Gasteiger partial charge in [0.2, 0.25) is 21.8 Å². The molecular weight excluding hydrogens is 545 g/mol. The Bertz CT molecular complexity index is 1160. The molecule has 0 radical (unpaired) electrons. The molecule has 0 heterocycles. The first-order chi connectivity index (χ1) is 17.0. The van der Waals surface area contributed by atoms with E-state index < -0.39 is 16.1 Å². The van der Waals surface area contributed by atoms with E-state index in [1.807, 2.05) is 13.8 Å². The second kappa shape index (κ2) is 14.1. The van der Waals surface area contributed by atoms with E-state index in [2.05, 4.69) is 5.32 Å². The number of amides is 2. The average molecular weight is 577 g/mol. The molecule has 1 atom stereocenters. The number of anilines is 1. The number of benzene rings is 2. The van der Waals surface area contributed by atoms with Crippen LogP contribution in [0.3, 0.4) is 0 Å². The van der Waals surface area contributed by atoms with E-state index in [9.17, 15) is 18.0 Å². The molecule has 2 aromatic carbocycles. The first kappa shape index (κ1) is 30.2. The van der Waals surface area contributed by atoms with Gasteiger partial charge in [-0.15, -0.1) is 0 Å². The summed E-state index contributed by atoms with van der Waals surface area (Å²) in [5.41, 5.74) is 1.08. The fourth-order valence-corrected chi connectivity index (χ4v) is 5.36. The van der Waals surface area contributed by atoms with Crippen LogP contribution in [0.15, 0.2) is 42.5 Å². The maximum atomic E-state index is 13.4. The smallest absolute Gasteiger partial charge is 0.242 e. The van der Waals surface area contributed by atoms with Gasteiger partial charge in [-0.2, -0.15) is 0 Å². The van der Waals surface area contributed by atoms with Crippen molar-refractivity contribution in [3.8, 4) is 0 Å². The Morgan fingerprint density at radius 3 is 2.31 bits per heavy atom. The SMILES string of the molecule is CCCNC(=O)[C@H](CC)N(Cc1ccc(Cl)cc1Cl)C(=O)CCCN(c1cccc(Cl)c1)S(C)(=O)=O. The number of sulfonamides is 1. The van der Waals surface area contributed by atoms with Crippen LogP contribution < -0.4 is 9.62 Å². The van der Waals surface area contributed by atoms with Crippen molar-refractivity contribution in [1.82, 2.24) is 10.2 Å². The Labute approximate surface area is 228 Å². The summed E-state index contributed by atoms with van der Waals surface area (Å²) >= 11 is 18.4. The zero-order chi connectivity index (χ0) is 26.9. The Balaban J connectivity index is 2.24. The van der Waals surface area contributed by atoms with Crippen LogP contribution in [0.2, 0.25) is 15.1 Å². The molecule has 0 fully saturated rings. The first-order valence-electron chi connectivity index (χ1n) is 11.7. The lowest BCUT2D eigenvalue weighted by Gasteiger charge is -2.31. The summed E-state index contributed by atoms with van der Waals surface area (Å²) in [6.45, 7) is 4.49. The molecule has 2 amide bonds. The number of hydrogen-bond donors (Lipinski definition) is 1. The molecule has 0 aliphatic rings. The van der Waals surface area contributed by atoms with E-state index in [1.54, 1.807) is 42.5 Å². The largest absolute Gasteiger partial charge is 0.354 e. The number of carbonyl (C=O) groups is 2. The van der Waals surface area contributed by atoms with Crippen molar-refractivity contribution in [1.29, 1.82) is 0 Å². The highest BCUT2D eigenvalue weighted by Crippen LogP contribution is 2.25. The number of nitrogens with one attached hydrogen (secondary N) is 1. The molecule has 1 N–H and O–H groups in total. The van der Waals surface area contributed by atoms with Crippen molar-refractivity contribution in [3.05, 3.63) is 63.1 Å². The van der Waals surface area contributed by atoms with E-state index in [4.69, 9.17) is 34.8 Å². The molecule has 0 unspecified atom stereocenters. The van der Waals surface area contributed by atoms with Crippen LogP contribution in [-0.4, -0.2) is 50.5 Å². The minimum atomic E-state index is -3.60. The normalized spacial score (nSPS) is 12.2. The standard InChI is InChI=1S/C25H32Cl3N3O4S/c1-4-13-29-25(33)23(5-2)30(17-18-11-12-20(27)16-22(18)28)24(32)10-7-14-31(36(3,34)35)21-9-6-8-19(26)15-21/h6,8-9,11-12,15-16,23H,4-5,7,10,13-14,17H2,1-3H3,(H,29,33)/t23-/m0/s1. The topological polar surface area (TPSA) is 86.8 Å². The van der Waals surface area contributed by atoms with Gasteiger partial charge in [0.15, 0.2) is 0 Å². The summed E-state index contributed by atoms with van der Waals surface area (Å²) in [4.78, 5) is 27.8. The Kier molecular flexibility index (Phi) is 11.8. The number of halogens is 3. The van der Waals surface area contributed by atoms with Crippen LogP contribution >= 0.6 is 34.8 Å². The summed E-state index contributed by atoms with van der Waals surface area (Å²) < 4.78 is 26.0. The highest BCUT2D eigenvalue weighted by atomic mass is 35.5.